The van der Waals surface area contributed by atoms with Gasteiger partial charge in [-0.3, -0.25) is 4.79 Å². The van der Waals surface area contributed by atoms with Crippen molar-refractivity contribution in [1.82, 2.24) is 15.3 Å². The van der Waals surface area contributed by atoms with E-state index in [0.717, 1.165) is 29.9 Å². The lowest BCUT2D eigenvalue weighted by Crippen LogP contribution is -2.61. The molecule has 0 radical (unpaired) electrons. The number of amides is 3. The predicted octanol–water partition coefficient (Wildman–Crippen LogP) is 2.02. The minimum atomic E-state index is -0.375. The third-order valence-corrected chi connectivity index (χ3v) is 6.23. The van der Waals surface area contributed by atoms with Gasteiger partial charge in [0, 0.05) is 43.6 Å². The Kier molecular flexibility index (Phi) is 6.10. The Bertz CT molecular complexity index is 1020. The summed E-state index contributed by atoms with van der Waals surface area (Å²) < 4.78 is 11.2. The SMILES string of the molecule is CCNC(=O)Nc1ccc(-c2ncc3c(n2)N2CCOCC2C(=O)N3C2CCOCC2)cc1. The van der Waals surface area contributed by atoms with Crippen molar-refractivity contribution in [2.24, 2.45) is 0 Å². The minimum absolute atomic E-state index is 0.0474. The van der Waals surface area contributed by atoms with E-state index in [4.69, 9.17) is 14.5 Å². The Morgan fingerprint density at radius 2 is 1.94 bits per heavy atom. The lowest BCUT2D eigenvalue weighted by Gasteiger charge is -2.46. The molecule has 174 valence electrons. The van der Waals surface area contributed by atoms with Crippen LogP contribution in [-0.2, 0) is 14.3 Å². The number of aromatic nitrogens is 2. The standard InChI is InChI=1S/C23H28N6O4/c1-2-24-23(31)26-16-5-3-15(4-6-16)20-25-13-18-21(27-20)28-9-12-33-14-19(28)22(30)29(18)17-7-10-32-11-8-17/h3-6,13,17,19H,2,7-12,14H2,1H3,(H2,24,26,31). The molecule has 33 heavy (non-hydrogen) atoms. The molecule has 1 atom stereocenters. The molecule has 0 saturated carbocycles. The van der Waals surface area contributed by atoms with Crippen LogP contribution in [0.15, 0.2) is 30.5 Å². The fraction of sp³-hybridized carbons (Fsp3) is 0.478. The summed E-state index contributed by atoms with van der Waals surface area (Å²) in [5.74, 6) is 1.39. The van der Waals surface area contributed by atoms with Crippen molar-refractivity contribution in [2.75, 3.05) is 54.6 Å². The molecule has 0 aliphatic carbocycles. The largest absolute Gasteiger partial charge is 0.381 e. The number of ether oxygens (including phenoxy) is 2. The van der Waals surface area contributed by atoms with Crippen molar-refractivity contribution in [3.05, 3.63) is 30.5 Å². The first kappa shape index (κ1) is 21.6. The highest BCUT2D eigenvalue weighted by molar-refractivity contribution is 6.05. The number of urea groups is 1. The second-order valence-electron chi connectivity index (χ2n) is 8.30. The molecule has 1 aromatic carbocycles. The number of carbonyl (C=O) groups is 2. The molecule has 3 aliphatic heterocycles. The molecule has 4 heterocycles. The van der Waals surface area contributed by atoms with Crippen LogP contribution < -0.4 is 20.4 Å². The van der Waals surface area contributed by atoms with Crippen LogP contribution >= 0.6 is 0 Å². The van der Waals surface area contributed by atoms with E-state index in [9.17, 15) is 9.59 Å². The first-order chi connectivity index (χ1) is 16.2. The third kappa shape index (κ3) is 4.23. The van der Waals surface area contributed by atoms with Crippen LogP contribution in [0.4, 0.5) is 22.0 Å². The number of anilines is 3. The monoisotopic (exact) mass is 452 g/mol. The zero-order chi connectivity index (χ0) is 22.8. The van der Waals surface area contributed by atoms with Gasteiger partial charge in [0.15, 0.2) is 11.6 Å². The van der Waals surface area contributed by atoms with Gasteiger partial charge in [0.2, 0.25) is 0 Å². The van der Waals surface area contributed by atoms with Crippen molar-refractivity contribution < 1.29 is 19.1 Å². The molecule has 10 nitrogen and oxygen atoms in total. The van der Waals surface area contributed by atoms with Gasteiger partial charge < -0.3 is 29.9 Å². The number of nitrogens with zero attached hydrogens (tertiary/aromatic N) is 4. The van der Waals surface area contributed by atoms with Crippen molar-refractivity contribution in [3.63, 3.8) is 0 Å². The quantitative estimate of drug-likeness (QED) is 0.730. The molecule has 3 amide bonds. The van der Waals surface area contributed by atoms with E-state index in [-0.39, 0.29) is 24.0 Å². The van der Waals surface area contributed by atoms with Crippen molar-refractivity contribution in [2.45, 2.75) is 31.8 Å². The lowest BCUT2D eigenvalue weighted by molar-refractivity contribution is -0.123. The highest BCUT2D eigenvalue weighted by Crippen LogP contribution is 2.39. The number of rotatable bonds is 4. The van der Waals surface area contributed by atoms with Crippen molar-refractivity contribution >= 4 is 29.1 Å². The van der Waals surface area contributed by atoms with Gasteiger partial charge in [-0.1, -0.05) is 0 Å². The topological polar surface area (TPSA) is 109 Å². The van der Waals surface area contributed by atoms with E-state index >= 15 is 0 Å². The zero-order valence-corrected chi connectivity index (χ0v) is 18.6. The maximum absolute atomic E-state index is 13.4. The molecular weight excluding hydrogens is 424 g/mol. The van der Waals surface area contributed by atoms with Gasteiger partial charge in [-0.25, -0.2) is 14.8 Å². The number of carbonyl (C=O) groups excluding carboxylic acids is 2. The molecule has 2 N–H and O–H groups in total. The van der Waals surface area contributed by atoms with E-state index < -0.39 is 0 Å². The van der Waals surface area contributed by atoms with Crippen LogP contribution in [0.5, 0.6) is 0 Å². The Hall–Kier alpha value is -3.24. The summed E-state index contributed by atoms with van der Waals surface area (Å²) >= 11 is 0. The second-order valence-corrected chi connectivity index (χ2v) is 8.30. The van der Waals surface area contributed by atoms with Crippen LogP contribution in [0.1, 0.15) is 19.8 Å². The van der Waals surface area contributed by atoms with E-state index in [1.165, 1.54) is 0 Å². The van der Waals surface area contributed by atoms with Gasteiger partial charge in [-0.05, 0) is 44.0 Å². The maximum atomic E-state index is 13.4. The molecular formula is C23H28N6O4. The number of hydrogen-bond acceptors (Lipinski definition) is 7. The van der Waals surface area contributed by atoms with Crippen molar-refractivity contribution in [1.29, 1.82) is 0 Å². The van der Waals surface area contributed by atoms with E-state index in [1.54, 1.807) is 6.20 Å². The average Bonchev–Trinajstić information content (AvgIpc) is 2.85. The highest BCUT2D eigenvalue weighted by Gasteiger charge is 2.44. The number of morpholine rings is 1. The number of hydrogen-bond donors (Lipinski definition) is 2. The smallest absolute Gasteiger partial charge is 0.319 e. The van der Waals surface area contributed by atoms with Crippen LogP contribution in [0.2, 0.25) is 0 Å². The molecule has 2 aromatic rings. The fourth-order valence-electron chi connectivity index (χ4n) is 4.59. The lowest BCUT2D eigenvalue weighted by atomic mass is 10.0. The number of benzene rings is 1. The Labute approximate surface area is 192 Å². The van der Waals surface area contributed by atoms with Crippen LogP contribution in [0.25, 0.3) is 11.4 Å². The molecule has 1 unspecified atom stereocenters. The summed E-state index contributed by atoms with van der Waals surface area (Å²) in [4.78, 5) is 38.6. The molecule has 1 aromatic heterocycles. The Morgan fingerprint density at radius 1 is 1.15 bits per heavy atom. The van der Waals surface area contributed by atoms with Crippen LogP contribution in [-0.4, -0.2) is 73.5 Å². The second kappa shape index (κ2) is 9.32. The van der Waals surface area contributed by atoms with Gasteiger partial charge in [0.1, 0.15) is 11.7 Å². The Morgan fingerprint density at radius 3 is 2.70 bits per heavy atom. The van der Waals surface area contributed by atoms with Crippen molar-refractivity contribution in [3.8, 4) is 11.4 Å². The molecule has 2 fully saturated rings. The minimum Gasteiger partial charge on any atom is -0.381 e. The maximum Gasteiger partial charge on any atom is 0.319 e. The molecule has 10 heteroatoms. The van der Waals surface area contributed by atoms with Gasteiger partial charge >= 0.3 is 6.03 Å². The molecule has 0 bridgehead atoms. The number of fused-ring (bicyclic) bond motifs is 3. The van der Waals surface area contributed by atoms with Crippen LogP contribution in [0.3, 0.4) is 0 Å². The average molecular weight is 453 g/mol. The first-order valence-electron chi connectivity index (χ1n) is 11.4. The van der Waals surface area contributed by atoms with E-state index in [0.29, 0.717) is 51.0 Å². The first-order valence-corrected chi connectivity index (χ1v) is 11.4. The van der Waals surface area contributed by atoms with Gasteiger partial charge in [0.05, 0.1) is 19.4 Å². The van der Waals surface area contributed by atoms with Gasteiger partial charge in [-0.2, -0.15) is 0 Å². The summed E-state index contributed by atoms with van der Waals surface area (Å²) in [6.07, 6.45) is 3.35. The Balaban J connectivity index is 1.46. The summed E-state index contributed by atoms with van der Waals surface area (Å²) in [5.41, 5.74) is 2.27. The van der Waals surface area contributed by atoms with Crippen LogP contribution in [0, 0.1) is 0 Å². The number of nitrogens with one attached hydrogen (secondary N) is 2. The van der Waals surface area contributed by atoms with Gasteiger partial charge in [-0.15, -0.1) is 0 Å². The van der Waals surface area contributed by atoms with E-state index in [2.05, 4.69) is 15.6 Å². The summed E-state index contributed by atoms with van der Waals surface area (Å²) in [5, 5.41) is 5.49. The van der Waals surface area contributed by atoms with Gasteiger partial charge in [0.25, 0.3) is 5.91 Å². The molecule has 5 rings (SSSR count). The third-order valence-electron chi connectivity index (χ3n) is 6.23. The highest BCUT2D eigenvalue weighted by atomic mass is 16.5. The predicted molar refractivity (Wildman–Crippen MR) is 123 cm³/mol. The molecule has 2 saturated heterocycles. The normalized spacial score (nSPS) is 20.8. The summed E-state index contributed by atoms with van der Waals surface area (Å²) in [6.45, 7) is 5.23. The van der Waals surface area contributed by atoms with E-state index in [1.807, 2.05) is 41.0 Å². The summed E-state index contributed by atoms with van der Waals surface area (Å²) in [6, 6.07) is 6.86. The molecule has 3 aliphatic rings. The fourth-order valence-corrected chi connectivity index (χ4v) is 4.59. The molecule has 0 spiro atoms. The summed E-state index contributed by atoms with van der Waals surface area (Å²) in [7, 11) is 0. The zero-order valence-electron chi connectivity index (χ0n) is 18.6.